The highest BCUT2D eigenvalue weighted by Gasteiger charge is 1.98. The Balaban J connectivity index is 2.35. The summed E-state index contributed by atoms with van der Waals surface area (Å²) >= 11 is 1.31. The maximum atomic E-state index is 7.44. The summed E-state index contributed by atoms with van der Waals surface area (Å²) < 4.78 is 5.07. The number of methoxy groups -OCH3 is 1. The van der Waals surface area contributed by atoms with Crippen molar-refractivity contribution >= 4 is 22.9 Å². The van der Waals surface area contributed by atoms with Crippen LogP contribution in [0.25, 0.3) is 0 Å². The van der Waals surface area contributed by atoms with Crippen molar-refractivity contribution in [2.24, 2.45) is 16.5 Å². The van der Waals surface area contributed by atoms with E-state index in [2.05, 4.69) is 4.99 Å². The number of aliphatic imine (C=N–C) groups is 1. The first-order valence-electron chi connectivity index (χ1n) is 5.05. The number of amidine groups is 1. The van der Waals surface area contributed by atoms with Crippen LogP contribution in [0.1, 0.15) is 5.56 Å². The summed E-state index contributed by atoms with van der Waals surface area (Å²) in [5.74, 6) is 1.53. The van der Waals surface area contributed by atoms with Gasteiger partial charge >= 0.3 is 0 Å². The number of nitrogens with two attached hydrogens (primary N) is 2. The Labute approximate surface area is 105 Å². The van der Waals surface area contributed by atoms with Crippen LogP contribution in [0.5, 0.6) is 5.75 Å². The van der Waals surface area contributed by atoms with Crippen molar-refractivity contribution in [3.05, 3.63) is 29.8 Å². The Hall–Kier alpha value is -1.69. The molecule has 17 heavy (non-hydrogen) atoms. The highest BCUT2D eigenvalue weighted by atomic mass is 32.2. The molecule has 0 amide bonds. The fraction of sp³-hybridized carbons (Fsp3) is 0.273. The summed E-state index contributed by atoms with van der Waals surface area (Å²) in [6.07, 6.45) is 0.858. The van der Waals surface area contributed by atoms with Crippen molar-refractivity contribution in [2.45, 2.75) is 6.42 Å². The fourth-order valence-corrected chi connectivity index (χ4v) is 1.91. The number of hydrogen-bond donors (Lipinski definition) is 3. The zero-order valence-electron chi connectivity index (χ0n) is 9.64. The molecular formula is C11H16N4OS. The van der Waals surface area contributed by atoms with Crippen molar-refractivity contribution in [2.75, 3.05) is 12.9 Å². The Morgan fingerprint density at radius 1 is 1.35 bits per heavy atom. The molecule has 92 valence electrons. The molecule has 0 bridgehead atoms. The summed E-state index contributed by atoms with van der Waals surface area (Å²) in [6, 6.07) is 7.84. The van der Waals surface area contributed by atoms with Crippen molar-refractivity contribution in [3.63, 3.8) is 0 Å². The van der Waals surface area contributed by atoms with Crippen LogP contribution in [0.15, 0.2) is 29.3 Å². The lowest BCUT2D eigenvalue weighted by Gasteiger charge is -2.03. The molecule has 1 rings (SSSR count). The molecule has 5 nitrogen and oxygen atoms in total. The highest BCUT2D eigenvalue weighted by Crippen LogP contribution is 2.13. The van der Waals surface area contributed by atoms with E-state index in [0.29, 0.717) is 0 Å². The van der Waals surface area contributed by atoms with Crippen LogP contribution in [-0.2, 0) is 6.42 Å². The van der Waals surface area contributed by atoms with E-state index >= 15 is 0 Å². The molecule has 0 saturated heterocycles. The van der Waals surface area contributed by atoms with Crippen molar-refractivity contribution in [1.29, 1.82) is 5.41 Å². The van der Waals surface area contributed by atoms with Crippen molar-refractivity contribution in [3.8, 4) is 5.75 Å². The Bertz CT molecular complexity index is 398. The molecule has 0 saturated carbocycles. The van der Waals surface area contributed by atoms with E-state index in [-0.39, 0.29) is 11.1 Å². The number of rotatable bonds is 4. The van der Waals surface area contributed by atoms with Crippen LogP contribution in [0, 0.1) is 5.41 Å². The monoisotopic (exact) mass is 252 g/mol. The number of nitrogens with one attached hydrogen (secondary N) is 1. The third-order valence-electron chi connectivity index (χ3n) is 2.02. The van der Waals surface area contributed by atoms with Crippen LogP contribution in [0.3, 0.4) is 0 Å². The predicted octanol–water partition coefficient (Wildman–Crippen LogP) is 1.18. The number of hydrogen-bond acceptors (Lipinski definition) is 3. The van der Waals surface area contributed by atoms with Gasteiger partial charge in [0.05, 0.1) is 7.11 Å². The van der Waals surface area contributed by atoms with Crippen molar-refractivity contribution < 1.29 is 4.74 Å². The Morgan fingerprint density at radius 3 is 2.53 bits per heavy atom. The lowest BCUT2D eigenvalue weighted by Crippen LogP contribution is -2.23. The van der Waals surface area contributed by atoms with E-state index in [4.69, 9.17) is 21.6 Å². The summed E-state index contributed by atoms with van der Waals surface area (Å²) in [5.41, 5.74) is 11.5. The summed E-state index contributed by atoms with van der Waals surface area (Å²) in [4.78, 5) is 3.63. The summed E-state index contributed by atoms with van der Waals surface area (Å²) in [5, 5.41) is 7.58. The van der Waals surface area contributed by atoms with E-state index in [1.807, 2.05) is 24.3 Å². The van der Waals surface area contributed by atoms with Gasteiger partial charge in [0.1, 0.15) is 5.75 Å². The van der Waals surface area contributed by atoms with E-state index < -0.39 is 0 Å². The second-order valence-electron chi connectivity index (χ2n) is 3.29. The van der Waals surface area contributed by atoms with Crippen LogP contribution < -0.4 is 16.2 Å². The molecule has 0 fully saturated rings. The second kappa shape index (κ2) is 6.80. The molecule has 5 N–H and O–H groups in total. The molecule has 0 aliphatic rings. The number of nitrogens with zero attached hydrogens (tertiary/aromatic N) is 1. The van der Waals surface area contributed by atoms with E-state index in [1.165, 1.54) is 17.3 Å². The topological polar surface area (TPSA) is 97.5 Å². The van der Waals surface area contributed by atoms with Gasteiger partial charge in [-0.2, -0.15) is 4.99 Å². The minimum absolute atomic E-state index is 0.0769. The first-order valence-corrected chi connectivity index (χ1v) is 6.04. The lowest BCUT2D eigenvalue weighted by molar-refractivity contribution is 0.414. The smallest absolute Gasteiger partial charge is 0.193 e. The second-order valence-corrected chi connectivity index (χ2v) is 4.37. The molecule has 6 heteroatoms. The predicted molar refractivity (Wildman–Crippen MR) is 72.7 cm³/mol. The first-order chi connectivity index (χ1) is 8.11. The largest absolute Gasteiger partial charge is 0.497 e. The molecule has 0 atom stereocenters. The fourth-order valence-electron chi connectivity index (χ4n) is 1.21. The summed E-state index contributed by atoms with van der Waals surface area (Å²) in [7, 11) is 1.64. The quantitative estimate of drug-likeness (QED) is 0.553. The van der Waals surface area contributed by atoms with E-state index in [0.717, 1.165) is 17.9 Å². The van der Waals surface area contributed by atoms with Gasteiger partial charge in [-0.3, -0.25) is 5.41 Å². The molecule has 0 aromatic heterocycles. The van der Waals surface area contributed by atoms with Gasteiger partial charge in [-0.05, 0) is 24.1 Å². The number of aryl methyl sites for hydroxylation is 1. The normalized spacial score (nSPS) is 9.71. The molecule has 0 aliphatic carbocycles. The van der Waals surface area contributed by atoms with Gasteiger partial charge < -0.3 is 16.2 Å². The zero-order chi connectivity index (χ0) is 12.7. The zero-order valence-corrected chi connectivity index (χ0v) is 10.5. The average molecular weight is 252 g/mol. The molecule has 0 aliphatic heterocycles. The van der Waals surface area contributed by atoms with Crippen LogP contribution in [-0.4, -0.2) is 24.0 Å². The van der Waals surface area contributed by atoms with Gasteiger partial charge in [-0.1, -0.05) is 23.9 Å². The van der Waals surface area contributed by atoms with Crippen LogP contribution in [0.4, 0.5) is 0 Å². The maximum Gasteiger partial charge on any atom is 0.193 e. The van der Waals surface area contributed by atoms with E-state index in [1.54, 1.807) is 7.11 Å². The highest BCUT2D eigenvalue weighted by molar-refractivity contribution is 8.13. The van der Waals surface area contributed by atoms with Gasteiger partial charge in [0.25, 0.3) is 0 Å². The molecular weight excluding hydrogens is 236 g/mol. The van der Waals surface area contributed by atoms with Gasteiger partial charge in [-0.15, -0.1) is 0 Å². The van der Waals surface area contributed by atoms with Gasteiger partial charge in [0.15, 0.2) is 11.1 Å². The average Bonchev–Trinajstić information content (AvgIpc) is 2.29. The Morgan fingerprint density at radius 2 is 2.00 bits per heavy atom. The molecule has 0 heterocycles. The van der Waals surface area contributed by atoms with E-state index in [9.17, 15) is 0 Å². The number of guanidine groups is 1. The first kappa shape index (κ1) is 13.4. The molecule has 0 unspecified atom stereocenters. The SMILES string of the molecule is COc1ccc(CCSC(=N)N=C(N)N)cc1. The minimum Gasteiger partial charge on any atom is -0.497 e. The lowest BCUT2D eigenvalue weighted by atomic mass is 10.2. The molecule has 1 aromatic carbocycles. The third-order valence-corrected chi connectivity index (χ3v) is 2.79. The van der Waals surface area contributed by atoms with Gasteiger partial charge in [0.2, 0.25) is 0 Å². The number of thioether (sulfide) groups is 1. The standard InChI is InChI=1S/C11H16N4OS/c1-16-9-4-2-8(3-5-9)6-7-17-11(14)15-10(12)13/h2-5H,6-7H2,1H3,(H5,12,13,14,15). The van der Waals surface area contributed by atoms with Gasteiger partial charge in [-0.25, -0.2) is 0 Å². The molecule has 0 spiro atoms. The Kier molecular flexibility index (Phi) is 5.35. The molecule has 1 aromatic rings. The number of benzene rings is 1. The molecule has 0 radical (unpaired) electrons. The third kappa shape index (κ3) is 5.26. The minimum atomic E-state index is -0.0769. The summed E-state index contributed by atoms with van der Waals surface area (Å²) in [6.45, 7) is 0. The van der Waals surface area contributed by atoms with Crippen LogP contribution >= 0.6 is 11.8 Å². The number of ether oxygens (including phenoxy) is 1. The van der Waals surface area contributed by atoms with Gasteiger partial charge in [0, 0.05) is 5.75 Å². The van der Waals surface area contributed by atoms with Crippen molar-refractivity contribution in [1.82, 2.24) is 0 Å². The van der Waals surface area contributed by atoms with Crippen LogP contribution in [0.2, 0.25) is 0 Å². The maximum absolute atomic E-state index is 7.44.